The molecule has 0 aliphatic heterocycles. The van der Waals surface area contributed by atoms with E-state index < -0.39 is 0 Å². The van der Waals surface area contributed by atoms with Gasteiger partial charge in [-0.3, -0.25) is 9.48 Å². The summed E-state index contributed by atoms with van der Waals surface area (Å²) in [5.41, 5.74) is 0.547. The van der Waals surface area contributed by atoms with Crippen molar-refractivity contribution in [3.8, 4) is 5.82 Å². The Bertz CT molecular complexity index is 554. The number of carbonyl (C=O) groups excluding carboxylic acids is 1. The van der Waals surface area contributed by atoms with Gasteiger partial charge in [0.05, 0.1) is 12.8 Å². The summed E-state index contributed by atoms with van der Waals surface area (Å²) in [6.45, 7) is 2.94. The monoisotopic (exact) mass is 276 g/mol. The molecule has 0 aromatic carbocycles. The van der Waals surface area contributed by atoms with Crippen LogP contribution in [0.25, 0.3) is 5.82 Å². The van der Waals surface area contributed by atoms with E-state index in [4.69, 9.17) is 5.11 Å². The quantitative estimate of drug-likeness (QED) is 0.858. The lowest BCUT2D eigenvalue weighted by atomic mass is 10.2. The second-order valence-corrected chi connectivity index (χ2v) is 4.61. The van der Waals surface area contributed by atoms with Crippen LogP contribution in [0.5, 0.6) is 0 Å². The first kappa shape index (κ1) is 14.3. The fourth-order valence-corrected chi connectivity index (χ4v) is 2.24. The number of hydrogen-bond acceptors (Lipinski definition) is 3. The molecule has 6 heteroatoms. The van der Waals surface area contributed by atoms with E-state index in [0.29, 0.717) is 18.7 Å². The van der Waals surface area contributed by atoms with E-state index in [-0.39, 0.29) is 12.5 Å². The first-order valence-electron chi connectivity index (χ1n) is 6.74. The van der Waals surface area contributed by atoms with Gasteiger partial charge in [-0.15, -0.1) is 0 Å². The molecule has 20 heavy (non-hydrogen) atoms. The molecule has 1 amide bonds. The van der Waals surface area contributed by atoms with Crippen LogP contribution in [0.1, 0.15) is 23.7 Å². The van der Waals surface area contributed by atoms with Gasteiger partial charge >= 0.3 is 0 Å². The van der Waals surface area contributed by atoms with Gasteiger partial charge in [-0.1, -0.05) is 6.92 Å². The predicted octanol–water partition coefficient (Wildman–Crippen LogP) is 1.06. The molecule has 0 fully saturated rings. The topological polar surface area (TPSA) is 63.3 Å². The summed E-state index contributed by atoms with van der Waals surface area (Å²) in [6.07, 6.45) is 6.19. The molecule has 0 bridgehead atoms. The lowest BCUT2D eigenvalue weighted by Gasteiger charge is -2.21. The number of aliphatic hydroxyl groups is 1. The Hall–Kier alpha value is -2.08. The Morgan fingerprint density at radius 3 is 2.65 bits per heavy atom. The molecule has 0 radical (unpaired) electrons. The van der Waals surface area contributed by atoms with E-state index in [1.54, 1.807) is 15.8 Å². The lowest BCUT2D eigenvalue weighted by Crippen LogP contribution is -2.34. The van der Waals surface area contributed by atoms with Gasteiger partial charge < -0.3 is 14.6 Å². The summed E-state index contributed by atoms with van der Waals surface area (Å²) in [6, 6.07) is 3.80. The number of rotatable bonds is 6. The molecule has 1 N–H and O–H groups in total. The normalized spacial score (nSPS) is 10.8. The predicted molar refractivity (Wildman–Crippen MR) is 75.8 cm³/mol. The molecule has 2 aromatic heterocycles. The smallest absolute Gasteiger partial charge is 0.259 e. The molecule has 0 atom stereocenters. The number of aromatic nitrogens is 3. The average Bonchev–Trinajstić information content (AvgIpc) is 3.06. The maximum absolute atomic E-state index is 12.6. The van der Waals surface area contributed by atoms with Crippen LogP contribution in [0, 0.1) is 0 Å². The molecule has 108 valence electrons. The highest BCUT2D eigenvalue weighted by Gasteiger charge is 2.22. The lowest BCUT2D eigenvalue weighted by molar-refractivity contribution is 0.0722. The van der Waals surface area contributed by atoms with E-state index >= 15 is 0 Å². The van der Waals surface area contributed by atoms with Crippen molar-refractivity contribution in [3.63, 3.8) is 0 Å². The number of aryl methyl sites for hydroxylation is 1. The van der Waals surface area contributed by atoms with Crippen LogP contribution in [-0.2, 0) is 7.05 Å². The third kappa shape index (κ3) is 2.75. The second kappa shape index (κ2) is 6.38. The highest BCUT2D eigenvalue weighted by Crippen LogP contribution is 2.16. The fourth-order valence-electron chi connectivity index (χ4n) is 2.24. The van der Waals surface area contributed by atoms with Crippen molar-refractivity contribution in [1.82, 2.24) is 19.2 Å². The van der Waals surface area contributed by atoms with Crippen LogP contribution in [0.15, 0.2) is 30.7 Å². The minimum Gasteiger partial charge on any atom is -0.395 e. The summed E-state index contributed by atoms with van der Waals surface area (Å²) >= 11 is 0. The van der Waals surface area contributed by atoms with E-state index in [9.17, 15) is 4.79 Å². The van der Waals surface area contributed by atoms with Crippen molar-refractivity contribution in [2.24, 2.45) is 7.05 Å². The molecule has 0 saturated carbocycles. The van der Waals surface area contributed by atoms with Gasteiger partial charge in [0.25, 0.3) is 5.91 Å². The summed E-state index contributed by atoms with van der Waals surface area (Å²) in [5.74, 6) is 0.636. The Morgan fingerprint density at radius 2 is 2.05 bits per heavy atom. The molecule has 0 aliphatic rings. The maximum Gasteiger partial charge on any atom is 0.259 e. The summed E-state index contributed by atoms with van der Waals surface area (Å²) in [5, 5.41) is 13.3. The van der Waals surface area contributed by atoms with E-state index in [1.165, 1.54) is 0 Å². The standard InChI is InChI=1S/C14H20N4O2/c1-3-6-18(9-10-19)14(20)12-11-15-16(2)13(12)17-7-4-5-8-17/h4-5,7-8,11,19H,3,6,9-10H2,1-2H3. The van der Waals surface area contributed by atoms with Crippen LogP contribution in [0.4, 0.5) is 0 Å². The molecule has 2 rings (SSSR count). The summed E-state index contributed by atoms with van der Waals surface area (Å²) in [4.78, 5) is 14.3. The number of nitrogens with zero attached hydrogens (tertiary/aromatic N) is 4. The molecule has 6 nitrogen and oxygen atoms in total. The summed E-state index contributed by atoms with van der Waals surface area (Å²) in [7, 11) is 1.81. The zero-order chi connectivity index (χ0) is 14.5. The van der Waals surface area contributed by atoms with Crippen LogP contribution in [0.2, 0.25) is 0 Å². The number of carbonyl (C=O) groups is 1. The molecule has 0 unspecified atom stereocenters. The Balaban J connectivity index is 2.35. The van der Waals surface area contributed by atoms with Gasteiger partial charge in [-0.25, -0.2) is 0 Å². The van der Waals surface area contributed by atoms with E-state index in [1.807, 2.05) is 43.1 Å². The molecular formula is C14H20N4O2. The maximum atomic E-state index is 12.6. The molecule has 2 heterocycles. The van der Waals surface area contributed by atoms with Gasteiger partial charge in [0.1, 0.15) is 11.4 Å². The van der Waals surface area contributed by atoms with Crippen LogP contribution in [0.3, 0.4) is 0 Å². The van der Waals surface area contributed by atoms with Crippen molar-refractivity contribution in [2.45, 2.75) is 13.3 Å². The van der Waals surface area contributed by atoms with Gasteiger partial charge in [0.15, 0.2) is 0 Å². The second-order valence-electron chi connectivity index (χ2n) is 4.61. The zero-order valence-electron chi connectivity index (χ0n) is 11.9. The Morgan fingerprint density at radius 1 is 1.35 bits per heavy atom. The van der Waals surface area contributed by atoms with Crippen LogP contribution in [-0.4, -0.2) is 50.0 Å². The van der Waals surface area contributed by atoms with Gasteiger partial charge in [0, 0.05) is 32.5 Å². The highest BCUT2D eigenvalue weighted by atomic mass is 16.3. The van der Waals surface area contributed by atoms with Gasteiger partial charge in [-0.05, 0) is 18.6 Å². The van der Waals surface area contributed by atoms with Gasteiger partial charge in [0.2, 0.25) is 0 Å². The van der Waals surface area contributed by atoms with Crippen molar-refractivity contribution >= 4 is 5.91 Å². The number of hydrogen-bond donors (Lipinski definition) is 1. The van der Waals surface area contributed by atoms with Crippen molar-refractivity contribution < 1.29 is 9.90 Å². The van der Waals surface area contributed by atoms with Crippen molar-refractivity contribution in [3.05, 3.63) is 36.3 Å². The first-order chi connectivity index (χ1) is 9.69. The van der Waals surface area contributed by atoms with Crippen LogP contribution >= 0.6 is 0 Å². The Kier molecular flexibility index (Phi) is 4.57. The molecular weight excluding hydrogens is 256 g/mol. The highest BCUT2D eigenvalue weighted by molar-refractivity contribution is 5.97. The molecule has 0 saturated heterocycles. The molecule has 2 aromatic rings. The molecule has 0 spiro atoms. The number of aliphatic hydroxyl groups excluding tert-OH is 1. The first-order valence-corrected chi connectivity index (χ1v) is 6.74. The largest absolute Gasteiger partial charge is 0.395 e. The Labute approximate surface area is 118 Å². The average molecular weight is 276 g/mol. The SMILES string of the molecule is CCCN(CCO)C(=O)c1cnn(C)c1-n1cccc1. The third-order valence-electron chi connectivity index (χ3n) is 3.14. The molecule has 0 aliphatic carbocycles. The van der Waals surface area contributed by atoms with E-state index in [0.717, 1.165) is 12.2 Å². The van der Waals surface area contributed by atoms with E-state index in [2.05, 4.69) is 5.10 Å². The fraction of sp³-hybridized carbons (Fsp3) is 0.429. The number of amides is 1. The minimum atomic E-state index is -0.0994. The van der Waals surface area contributed by atoms with Crippen molar-refractivity contribution in [1.29, 1.82) is 0 Å². The third-order valence-corrected chi connectivity index (χ3v) is 3.14. The van der Waals surface area contributed by atoms with Crippen LogP contribution < -0.4 is 0 Å². The zero-order valence-corrected chi connectivity index (χ0v) is 11.9. The van der Waals surface area contributed by atoms with Crippen molar-refractivity contribution in [2.75, 3.05) is 19.7 Å². The van der Waals surface area contributed by atoms with Gasteiger partial charge in [-0.2, -0.15) is 5.10 Å². The summed E-state index contributed by atoms with van der Waals surface area (Å²) < 4.78 is 3.54. The minimum absolute atomic E-state index is 0.0368.